The van der Waals surface area contributed by atoms with Crippen molar-refractivity contribution in [3.8, 4) is 11.4 Å². The van der Waals surface area contributed by atoms with Crippen LogP contribution in [-0.4, -0.2) is 14.5 Å². The topological polar surface area (TPSA) is 34.6 Å². The molecule has 4 nitrogen and oxygen atoms in total. The number of aromatic nitrogens is 4. The number of hydrogen-bond acceptors (Lipinski definition) is 3. The molecule has 96 valence electrons. The fourth-order valence-corrected chi connectivity index (χ4v) is 4.35. The molecule has 0 radical (unpaired) electrons. The van der Waals surface area contributed by atoms with Crippen molar-refractivity contribution in [1.82, 2.24) is 14.5 Å². The first-order valence-electron chi connectivity index (χ1n) is 6.52. The van der Waals surface area contributed by atoms with Crippen molar-refractivity contribution in [3.63, 3.8) is 0 Å². The van der Waals surface area contributed by atoms with Crippen molar-refractivity contribution in [2.75, 3.05) is 0 Å². The maximum Gasteiger partial charge on any atom is 0.292 e. The molecule has 4 aromatic rings. The van der Waals surface area contributed by atoms with Crippen LogP contribution >= 0.6 is 11.3 Å². The molecular formula is C15H11N4S+. The standard InChI is InChI=1S/C15H11N4S/c1-18-14-11-6-16-4-2-9(11)8-19(14)13-10-3-5-17-7-12(10)20-15(13)18/h2-7H,8H2,1H3/q+1. The van der Waals surface area contributed by atoms with Crippen LogP contribution in [0.1, 0.15) is 5.56 Å². The van der Waals surface area contributed by atoms with Crippen molar-refractivity contribution in [2.24, 2.45) is 7.05 Å². The van der Waals surface area contributed by atoms with E-state index in [4.69, 9.17) is 0 Å². The lowest BCUT2D eigenvalue weighted by Crippen LogP contribution is -2.28. The molecule has 0 saturated heterocycles. The summed E-state index contributed by atoms with van der Waals surface area (Å²) in [6.45, 7) is 0.929. The Hall–Kier alpha value is -2.27. The highest BCUT2D eigenvalue weighted by Crippen LogP contribution is 2.38. The summed E-state index contributed by atoms with van der Waals surface area (Å²) in [5.74, 6) is 1.26. The van der Waals surface area contributed by atoms with Crippen LogP contribution in [0.4, 0.5) is 0 Å². The Morgan fingerprint density at radius 2 is 2.05 bits per heavy atom. The maximum absolute atomic E-state index is 4.28. The van der Waals surface area contributed by atoms with E-state index in [2.05, 4.69) is 38.3 Å². The summed E-state index contributed by atoms with van der Waals surface area (Å²) in [7, 11) is 2.14. The Kier molecular flexibility index (Phi) is 1.80. The van der Waals surface area contributed by atoms with Crippen LogP contribution in [0.5, 0.6) is 0 Å². The fourth-order valence-electron chi connectivity index (χ4n) is 3.21. The first-order chi connectivity index (χ1) is 9.84. The van der Waals surface area contributed by atoms with Crippen molar-refractivity contribution in [2.45, 2.75) is 6.54 Å². The molecule has 20 heavy (non-hydrogen) atoms. The lowest BCUT2D eigenvalue weighted by Gasteiger charge is -1.93. The largest absolute Gasteiger partial charge is 0.292 e. The quantitative estimate of drug-likeness (QED) is 0.408. The zero-order chi connectivity index (χ0) is 13.3. The van der Waals surface area contributed by atoms with E-state index in [1.54, 1.807) is 11.3 Å². The molecule has 0 bridgehead atoms. The number of rotatable bonds is 0. The number of imidazole rings is 1. The van der Waals surface area contributed by atoms with E-state index in [0.717, 1.165) is 6.54 Å². The molecule has 0 spiro atoms. The van der Waals surface area contributed by atoms with Gasteiger partial charge in [-0.25, -0.2) is 9.13 Å². The molecule has 0 N–H and O–H groups in total. The smallest absolute Gasteiger partial charge is 0.264 e. The minimum atomic E-state index is 0.929. The minimum absolute atomic E-state index is 0.929. The van der Waals surface area contributed by atoms with Gasteiger partial charge in [-0.05, 0) is 12.1 Å². The molecule has 0 atom stereocenters. The fraction of sp³-hybridized carbons (Fsp3) is 0.133. The molecule has 5 heteroatoms. The van der Waals surface area contributed by atoms with Gasteiger partial charge in [-0.15, -0.1) is 0 Å². The minimum Gasteiger partial charge on any atom is -0.264 e. The summed E-state index contributed by atoms with van der Waals surface area (Å²) in [4.78, 5) is 9.82. The Morgan fingerprint density at radius 1 is 1.20 bits per heavy atom. The molecule has 0 saturated carbocycles. The molecule has 5 rings (SSSR count). The highest BCUT2D eigenvalue weighted by atomic mass is 32.1. The molecule has 0 unspecified atom stereocenters. The average molecular weight is 279 g/mol. The lowest BCUT2D eigenvalue weighted by atomic mass is 10.2. The highest BCUT2D eigenvalue weighted by Gasteiger charge is 2.34. The normalized spacial score (nSPS) is 13.1. The first kappa shape index (κ1) is 10.5. The van der Waals surface area contributed by atoms with Gasteiger partial charge in [-0.1, -0.05) is 11.3 Å². The van der Waals surface area contributed by atoms with Gasteiger partial charge in [0.1, 0.15) is 6.54 Å². The zero-order valence-corrected chi connectivity index (χ0v) is 11.7. The molecule has 0 fully saturated rings. The molecule has 1 aliphatic heterocycles. The number of pyridine rings is 2. The SMILES string of the molecule is C[n+]1c2n(c3c4ccncc4sc31)Cc1ccncc1-2. The Balaban J connectivity index is 1.99. The molecule has 5 heterocycles. The van der Waals surface area contributed by atoms with E-state index in [0.29, 0.717) is 0 Å². The second kappa shape index (κ2) is 3.43. The average Bonchev–Trinajstić information content (AvgIpc) is 3.10. The van der Waals surface area contributed by atoms with E-state index in [1.807, 2.05) is 24.8 Å². The van der Waals surface area contributed by atoms with E-state index in [1.165, 1.54) is 37.4 Å². The molecule has 4 aromatic heterocycles. The maximum atomic E-state index is 4.28. The Morgan fingerprint density at radius 3 is 3.00 bits per heavy atom. The molecule has 0 aromatic carbocycles. The zero-order valence-electron chi connectivity index (χ0n) is 10.9. The second-order valence-electron chi connectivity index (χ2n) is 5.13. The van der Waals surface area contributed by atoms with Crippen molar-refractivity contribution < 1.29 is 4.57 Å². The van der Waals surface area contributed by atoms with Gasteiger partial charge in [0, 0.05) is 35.7 Å². The van der Waals surface area contributed by atoms with Gasteiger partial charge in [-0.3, -0.25) is 9.97 Å². The van der Waals surface area contributed by atoms with Gasteiger partial charge in [-0.2, -0.15) is 0 Å². The number of hydrogen-bond donors (Lipinski definition) is 0. The van der Waals surface area contributed by atoms with Gasteiger partial charge >= 0.3 is 0 Å². The summed E-state index contributed by atoms with van der Waals surface area (Å²) in [5, 5.41) is 1.29. The van der Waals surface area contributed by atoms with Gasteiger partial charge in [0.2, 0.25) is 4.83 Å². The lowest BCUT2D eigenvalue weighted by molar-refractivity contribution is -0.631. The highest BCUT2D eigenvalue weighted by molar-refractivity contribution is 7.25. The van der Waals surface area contributed by atoms with Gasteiger partial charge in [0.15, 0.2) is 5.52 Å². The number of nitrogens with zero attached hydrogens (tertiary/aromatic N) is 4. The van der Waals surface area contributed by atoms with Crippen LogP contribution in [0.2, 0.25) is 0 Å². The third kappa shape index (κ3) is 1.10. The molecular weight excluding hydrogens is 268 g/mol. The van der Waals surface area contributed by atoms with E-state index in [-0.39, 0.29) is 0 Å². The van der Waals surface area contributed by atoms with Crippen LogP contribution < -0.4 is 4.57 Å². The molecule has 0 aliphatic carbocycles. The Labute approximate surface area is 119 Å². The molecule has 0 amide bonds. The summed E-state index contributed by atoms with van der Waals surface area (Å²) >= 11 is 1.81. The third-order valence-electron chi connectivity index (χ3n) is 4.08. The van der Waals surface area contributed by atoms with Crippen LogP contribution in [0.15, 0.2) is 36.9 Å². The number of aryl methyl sites for hydroxylation is 1. The summed E-state index contributed by atoms with van der Waals surface area (Å²) in [6.07, 6.45) is 7.67. The van der Waals surface area contributed by atoms with Crippen LogP contribution in [-0.2, 0) is 13.6 Å². The Bertz CT molecular complexity index is 996. The van der Waals surface area contributed by atoms with Crippen LogP contribution in [0.25, 0.3) is 31.8 Å². The number of thiophene rings is 1. The number of fused-ring (bicyclic) bond motifs is 7. The monoisotopic (exact) mass is 279 g/mol. The van der Waals surface area contributed by atoms with Crippen LogP contribution in [0, 0.1) is 0 Å². The first-order valence-corrected chi connectivity index (χ1v) is 7.34. The van der Waals surface area contributed by atoms with Crippen molar-refractivity contribution in [3.05, 3.63) is 42.5 Å². The van der Waals surface area contributed by atoms with Gasteiger partial charge < -0.3 is 0 Å². The van der Waals surface area contributed by atoms with E-state index >= 15 is 0 Å². The van der Waals surface area contributed by atoms with Crippen molar-refractivity contribution in [1.29, 1.82) is 0 Å². The van der Waals surface area contributed by atoms with Crippen molar-refractivity contribution >= 4 is 31.8 Å². The third-order valence-corrected chi connectivity index (χ3v) is 5.28. The summed E-state index contributed by atoms with van der Waals surface area (Å²) in [5.41, 5.74) is 3.92. The van der Waals surface area contributed by atoms with Gasteiger partial charge in [0.25, 0.3) is 5.82 Å². The second-order valence-corrected chi connectivity index (χ2v) is 6.16. The summed E-state index contributed by atoms with van der Waals surface area (Å²) < 4.78 is 5.94. The van der Waals surface area contributed by atoms with Crippen LogP contribution in [0.3, 0.4) is 0 Å². The van der Waals surface area contributed by atoms with Gasteiger partial charge in [0.05, 0.1) is 17.3 Å². The van der Waals surface area contributed by atoms with E-state index < -0.39 is 0 Å². The van der Waals surface area contributed by atoms with E-state index in [9.17, 15) is 0 Å². The predicted molar refractivity (Wildman–Crippen MR) is 78.6 cm³/mol. The predicted octanol–water partition coefficient (Wildman–Crippen LogP) is 2.50. The molecule has 1 aliphatic rings. The summed E-state index contributed by atoms with van der Waals surface area (Å²) in [6, 6.07) is 4.23.